The fraction of sp³-hybridized carbons (Fsp3) is 0.150. The van der Waals surface area contributed by atoms with E-state index in [0.29, 0.717) is 0 Å². The average Bonchev–Trinajstić information content (AvgIpc) is 3.14. The second-order valence-corrected chi connectivity index (χ2v) is 7.59. The molecule has 0 aliphatic rings. The van der Waals surface area contributed by atoms with Crippen molar-refractivity contribution in [3.63, 3.8) is 0 Å². The molecule has 0 atom stereocenters. The van der Waals surface area contributed by atoms with Crippen molar-refractivity contribution in [1.82, 2.24) is 0 Å². The number of isothiocyanates is 1. The molecular weight excluding hydrogens is 388 g/mol. The van der Waals surface area contributed by atoms with Crippen LogP contribution in [0.3, 0.4) is 0 Å². The van der Waals surface area contributed by atoms with Crippen molar-refractivity contribution < 1.29 is 8.78 Å². The van der Waals surface area contributed by atoms with E-state index in [1.54, 1.807) is 11.3 Å². The lowest BCUT2D eigenvalue weighted by molar-refractivity contribution is 0.587. The van der Waals surface area contributed by atoms with Gasteiger partial charge in [0.1, 0.15) is 5.69 Å². The van der Waals surface area contributed by atoms with E-state index in [4.69, 9.17) is 0 Å². The molecule has 0 aliphatic carbocycles. The van der Waals surface area contributed by atoms with Crippen LogP contribution < -0.4 is 0 Å². The average molecular weight is 400 g/mol. The van der Waals surface area contributed by atoms with Gasteiger partial charge in [-0.1, -0.05) is 30.6 Å². The van der Waals surface area contributed by atoms with Gasteiger partial charge in [-0.05, 0) is 42.9 Å². The predicted molar refractivity (Wildman–Crippen MR) is 109 cm³/mol. The molecule has 0 amide bonds. The van der Waals surface area contributed by atoms with Crippen LogP contribution in [0.5, 0.6) is 0 Å². The van der Waals surface area contributed by atoms with Gasteiger partial charge in [-0.25, -0.2) is 8.78 Å². The third-order valence-corrected chi connectivity index (χ3v) is 5.51. The van der Waals surface area contributed by atoms with Crippen molar-refractivity contribution in [1.29, 1.82) is 0 Å². The summed E-state index contributed by atoms with van der Waals surface area (Å²) in [6.07, 6.45) is 1.94. The lowest BCUT2D eigenvalue weighted by Gasteiger charge is -1.98. The molecule has 0 unspecified atom stereocenters. The van der Waals surface area contributed by atoms with Gasteiger partial charge in [-0.15, -0.1) is 22.7 Å². The molecule has 0 spiro atoms. The fourth-order valence-corrected chi connectivity index (χ4v) is 4.37. The number of hydrogen-bond acceptors (Lipinski definition) is 4. The Morgan fingerprint density at radius 2 is 1.58 bits per heavy atom. The standard InChI is InChI=1S/C20H11F2NS3/c1-2-3-4-5-14-10-18-19(25-14)11-15(26-18)7-6-13-8-16(21)20(23-12-24)17(22)9-13/h8-11H,2-3H2,1H3. The quantitative estimate of drug-likeness (QED) is 0.271. The highest BCUT2D eigenvalue weighted by Crippen LogP contribution is 2.32. The minimum atomic E-state index is -0.811. The Balaban J connectivity index is 1.85. The number of fused-ring (bicyclic) bond motifs is 1. The summed E-state index contributed by atoms with van der Waals surface area (Å²) in [4.78, 5) is 5.26. The highest BCUT2D eigenvalue weighted by Gasteiger charge is 2.09. The summed E-state index contributed by atoms with van der Waals surface area (Å²) in [6.45, 7) is 2.10. The molecule has 3 rings (SSSR count). The van der Waals surface area contributed by atoms with E-state index in [0.717, 1.165) is 44.1 Å². The molecule has 26 heavy (non-hydrogen) atoms. The van der Waals surface area contributed by atoms with Crippen molar-refractivity contribution in [3.05, 3.63) is 51.2 Å². The summed E-state index contributed by atoms with van der Waals surface area (Å²) >= 11 is 7.54. The monoisotopic (exact) mass is 399 g/mol. The van der Waals surface area contributed by atoms with Crippen molar-refractivity contribution in [2.45, 2.75) is 19.8 Å². The Kier molecular flexibility index (Phi) is 5.93. The number of benzene rings is 1. The third-order valence-electron chi connectivity index (χ3n) is 3.30. The van der Waals surface area contributed by atoms with Crippen LogP contribution in [0.15, 0.2) is 29.3 Å². The number of halogens is 2. The highest BCUT2D eigenvalue weighted by atomic mass is 32.1. The molecule has 1 nitrogen and oxygen atoms in total. The Morgan fingerprint density at radius 1 is 0.962 bits per heavy atom. The van der Waals surface area contributed by atoms with Crippen LogP contribution >= 0.6 is 34.9 Å². The maximum absolute atomic E-state index is 13.8. The van der Waals surface area contributed by atoms with Crippen LogP contribution in [0.2, 0.25) is 0 Å². The van der Waals surface area contributed by atoms with E-state index in [2.05, 4.69) is 53.9 Å². The van der Waals surface area contributed by atoms with Gasteiger partial charge in [0.05, 0.1) is 14.9 Å². The first kappa shape index (κ1) is 18.5. The van der Waals surface area contributed by atoms with Crippen molar-refractivity contribution >= 4 is 55.1 Å². The SMILES string of the molecule is CCCC#Cc1cc2sc(C#Cc3cc(F)c(N=C=S)c(F)c3)cc2s1. The molecule has 0 saturated heterocycles. The number of thiocarbonyl (C=S) groups is 1. The summed E-state index contributed by atoms with van der Waals surface area (Å²) in [7, 11) is 0. The molecule has 2 heterocycles. The molecule has 0 radical (unpaired) electrons. The normalized spacial score (nSPS) is 9.81. The van der Waals surface area contributed by atoms with Gasteiger partial charge in [0.15, 0.2) is 11.6 Å². The van der Waals surface area contributed by atoms with Crippen molar-refractivity contribution in [2.75, 3.05) is 0 Å². The van der Waals surface area contributed by atoms with E-state index in [1.165, 1.54) is 11.3 Å². The molecular formula is C20H11F2NS3. The minimum Gasteiger partial charge on any atom is -0.204 e. The lowest BCUT2D eigenvalue weighted by atomic mass is 10.2. The summed E-state index contributed by atoms with van der Waals surface area (Å²) in [6, 6.07) is 6.30. The van der Waals surface area contributed by atoms with Crippen molar-refractivity contribution in [3.8, 4) is 23.7 Å². The second-order valence-electron chi connectivity index (χ2n) is 5.24. The number of thiophene rings is 2. The molecule has 0 saturated carbocycles. The molecule has 0 aliphatic heterocycles. The smallest absolute Gasteiger partial charge is 0.153 e. The summed E-state index contributed by atoms with van der Waals surface area (Å²) in [5.74, 6) is 10.4. The molecule has 128 valence electrons. The molecule has 6 heteroatoms. The van der Waals surface area contributed by atoms with E-state index in [-0.39, 0.29) is 5.56 Å². The summed E-state index contributed by atoms with van der Waals surface area (Å²) in [5.41, 5.74) is -0.204. The number of hydrogen-bond donors (Lipinski definition) is 0. The van der Waals surface area contributed by atoms with Crippen LogP contribution in [-0.4, -0.2) is 5.16 Å². The summed E-state index contributed by atoms with van der Waals surface area (Å²) in [5, 5.41) is 1.96. The van der Waals surface area contributed by atoms with Crippen LogP contribution in [0.25, 0.3) is 9.40 Å². The number of aliphatic imine (C=N–C) groups is 1. The molecule has 0 bridgehead atoms. The number of nitrogens with zero attached hydrogens (tertiary/aromatic N) is 1. The van der Waals surface area contributed by atoms with Gasteiger partial charge in [0.25, 0.3) is 0 Å². The predicted octanol–water partition coefficient (Wildman–Crippen LogP) is 6.53. The zero-order valence-corrected chi connectivity index (χ0v) is 16.1. The fourth-order valence-electron chi connectivity index (χ4n) is 2.16. The van der Waals surface area contributed by atoms with Gasteiger partial charge < -0.3 is 0 Å². The zero-order chi connectivity index (χ0) is 18.5. The molecule has 2 aromatic heterocycles. The van der Waals surface area contributed by atoms with E-state index in [9.17, 15) is 8.78 Å². The third kappa shape index (κ3) is 4.25. The second kappa shape index (κ2) is 8.36. The molecule has 0 fully saturated rings. The van der Waals surface area contributed by atoms with Crippen LogP contribution in [-0.2, 0) is 0 Å². The topological polar surface area (TPSA) is 12.4 Å². The summed E-state index contributed by atoms with van der Waals surface area (Å²) < 4.78 is 29.9. The Morgan fingerprint density at radius 3 is 2.15 bits per heavy atom. The maximum Gasteiger partial charge on any atom is 0.153 e. The first-order chi connectivity index (χ1) is 12.6. The molecule has 0 N–H and O–H groups in total. The maximum atomic E-state index is 13.8. The van der Waals surface area contributed by atoms with Gasteiger partial charge >= 0.3 is 0 Å². The van der Waals surface area contributed by atoms with Crippen LogP contribution in [0.1, 0.15) is 35.1 Å². The first-order valence-corrected chi connectivity index (χ1v) is 9.76. The van der Waals surface area contributed by atoms with E-state index < -0.39 is 17.3 Å². The van der Waals surface area contributed by atoms with Gasteiger partial charge in [0.2, 0.25) is 0 Å². The van der Waals surface area contributed by atoms with E-state index >= 15 is 0 Å². The van der Waals surface area contributed by atoms with Crippen molar-refractivity contribution in [2.24, 2.45) is 4.99 Å². The van der Waals surface area contributed by atoms with Gasteiger partial charge in [-0.2, -0.15) is 4.99 Å². The Bertz CT molecular complexity index is 1090. The van der Waals surface area contributed by atoms with E-state index in [1.807, 2.05) is 11.2 Å². The largest absolute Gasteiger partial charge is 0.204 e. The Labute approximate surface area is 163 Å². The van der Waals surface area contributed by atoms with Crippen LogP contribution in [0, 0.1) is 35.3 Å². The highest BCUT2D eigenvalue weighted by molar-refractivity contribution is 7.78. The molecule has 3 aromatic rings. The Hall–Kier alpha value is -2.34. The number of rotatable bonds is 2. The minimum absolute atomic E-state index is 0.242. The van der Waals surface area contributed by atoms with Crippen LogP contribution in [0.4, 0.5) is 14.5 Å². The van der Waals surface area contributed by atoms with Gasteiger partial charge in [0, 0.05) is 21.4 Å². The van der Waals surface area contributed by atoms with Gasteiger partial charge in [-0.3, -0.25) is 0 Å². The lowest BCUT2D eigenvalue weighted by Crippen LogP contribution is -1.86. The first-order valence-electron chi connectivity index (χ1n) is 7.72. The zero-order valence-electron chi connectivity index (χ0n) is 13.7. The molecule has 1 aromatic carbocycles. The number of unbranched alkanes of at least 4 members (excludes halogenated alkanes) is 1.